The van der Waals surface area contributed by atoms with Gasteiger partial charge in [-0.2, -0.15) is 0 Å². The minimum absolute atomic E-state index is 0.588. The van der Waals surface area contributed by atoms with Crippen LogP contribution in [0.3, 0.4) is 0 Å². The lowest BCUT2D eigenvalue weighted by molar-refractivity contribution is 0.132. The molecular formula is C16H25N3. The first-order valence-corrected chi connectivity index (χ1v) is 7.61. The van der Waals surface area contributed by atoms with Crippen molar-refractivity contribution < 1.29 is 0 Å². The predicted molar refractivity (Wildman–Crippen MR) is 80.7 cm³/mol. The summed E-state index contributed by atoms with van der Waals surface area (Å²) < 4.78 is 0. The van der Waals surface area contributed by atoms with Crippen LogP contribution in [-0.4, -0.2) is 37.6 Å². The lowest BCUT2D eigenvalue weighted by Gasteiger charge is -2.42. The van der Waals surface area contributed by atoms with Gasteiger partial charge in [0.2, 0.25) is 0 Å². The van der Waals surface area contributed by atoms with Crippen LogP contribution in [0, 0.1) is 5.92 Å². The maximum Gasteiger partial charge on any atom is 0.0412 e. The van der Waals surface area contributed by atoms with Gasteiger partial charge in [0.05, 0.1) is 0 Å². The summed E-state index contributed by atoms with van der Waals surface area (Å²) in [5.41, 5.74) is 4.31. The number of hydrogen-bond donors (Lipinski definition) is 2. The lowest BCUT2D eigenvalue weighted by Crippen LogP contribution is -2.48. The van der Waals surface area contributed by atoms with Crippen LogP contribution in [0.15, 0.2) is 18.2 Å². The Kier molecular flexibility index (Phi) is 3.76. The second-order valence-electron chi connectivity index (χ2n) is 5.86. The molecule has 0 amide bonds. The summed E-state index contributed by atoms with van der Waals surface area (Å²) in [4.78, 5) is 2.67. The molecule has 2 N–H and O–H groups in total. The third-order valence-corrected chi connectivity index (χ3v) is 4.54. The third kappa shape index (κ3) is 2.49. The van der Waals surface area contributed by atoms with E-state index in [0.717, 1.165) is 26.1 Å². The number of nitrogens with one attached hydrogen (secondary N) is 2. The minimum atomic E-state index is 0.588. The SMILES string of the molecule is CCc1ccc2c(c1)C(N1CCNCC1)C(C)CN2. The van der Waals surface area contributed by atoms with Crippen LogP contribution < -0.4 is 10.6 Å². The van der Waals surface area contributed by atoms with Gasteiger partial charge in [0.25, 0.3) is 0 Å². The van der Waals surface area contributed by atoms with Crippen LogP contribution in [0.25, 0.3) is 0 Å². The second kappa shape index (κ2) is 5.51. The quantitative estimate of drug-likeness (QED) is 0.853. The molecule has 2 heterocycles. The Morgan fingerprint density at radius 1 is 1.26 bits per heavy atom. The molecule has 0 radical (unpaired) electrons. The zero-order chi connectivity index (χ0) is 13.2. The highest BCUT2D eigenvalue weighted by Gasteiger charge is 2.32. The molecule has 0 aliphatic carbocycles. The van der Waals surface area contributed by atoms with Crippen molar-refractivity contribution >= 4 is 5.69 Å². The maximum atomic E-state index is 3.59. The van der Waals surface area contributed by atoms with Crippen LogP contribution in [0.4, 0.5) is 5.69 Å². The number of nitrogens with zero attached hydrogens (tertiary/aromatic N) is 1. The molecular weight excluding hydrogens is 234 g/mol. The summed E-state index contributed by atoms with van der Waals surface area (Å²) in [6.07, 6.45) is 1.12. The molecule has 1 aromatic carbocycles. The van der Waals surface area contributed by atoms with Crippen molar-refractivity contribution in [3.8, 4) is 0 Å². The van der Waals surface area contributed by atoms with Crippen molar-refractivity contribution in [2.45, 2.75) is 26.3 Å². The fourth-order valence-corrected chi connectivity index (χ4v) is 3.44. The molecule has 2 atom stereocenters. The van der Waals surface area contributed by atoms with Crippen LogP contribution in [0.1, 0.15) is 31.0 Å². The van der Waals surface area contributed by atoms with Crippen molar-refractivity contribution in [2.75, 3.05) is 38.0 Å². The fourth-order valence-electron chi connectivity index (χ4n) is 3.44. The van der Waals surface area contributed by atoms with E-state index in [0.29, 0.717) is 12.0 Å². The highest BCUT2D eigenvalue weighted by Crippen LogP contribution is 2.38. The number of benzene rings is 1. The van der Waals surface area contributed by atoms with E-state index in [4.69, 9.17) is 0 Å². The number of aryl methyl sites for hydroxylation is 1. The minimum Gasteiger partial charge on any atom is -0.384 e. The van der Waals surface area contributed by atoms with E-state index in [1.54, 1.807) is 0 Å². The summed E-state index contributed by atoms with van der Waals surface area (Å²) in [5.74, 6) is 0.678. The lowest BCUT2D eigenvalue weighted by atomic mass is 9.86. The third-order valence-electron chi connectivity index (χ3n) is 4.54. The Morgan fingerprint density at radius 2 is 2.05 bits per heavy atom. The van der Waals surface area contributed by atoms with Crippen molar-refractivity contribution in [3.63, 3.8) is 0 Å². The Bertz CT molecular complexity index is 438. The second-order valence-corrected chi connectivity index (χ2v) is 5.86. The van der Waals surface area contributed by atoms with E-state index in [9.17, 15) is 0 Å². The number of hydrogen-bond acceptors (Lipinski definition) is 3. The molecule has 0 spiro atoms. The van der Waals surface area contributed by atoms with Gasteiger partial charge in [-0.1, -0.05) is 26.0 Å². The molecule has 0 saturated carbocycles. The molecule has 2 unspecified atom stereocenters. The molecule has 19 heavy (non-hydrogen) atoms. The number of anilines is 1. The van der Waals surface area contributed by atoms with Crippen LogP contribution >= 0.6 is 0 Å². The largest absolute Gasteiger partial charge is 0.384 e. The van der Waals surface area contributed by atoms with E-state index in [1.807, 2.05) is 0 Å². The van der Waals surface area contributed by atoms with Crippen LogP contribution in [-0.2, 0) is 6.42 Å². The van der Waals surface area contributed by atoms with Crippen LogP contribution in [0.5, 0.6) is 0 Å². The standard InChI is InChI=1S/C16H25N3/c1-3-13-4-5-15-14(10-13)16(12(2)11-18-15)19-8-6-17-7-9-19/h4-5,10,12,16-18H,3,6-9,11H2,1-2H3. The fraction of sp³-hybridized carbons (Fsp3) is 0.625. The molecule has 1 saturated heterocycles. The molecule has 2 aliphatic heterocycles. The van der Waals surface area contributed by atoms with Gasteiger partial charge in [-0.25, -0.2) is 0 Å². The Labute approximate surface area is 116 Å². The van der Waals surface area contributed by atoms with Gasteiger partial charge >= 0.3 is 0 Å². The Hall–Kier alpha value is -1.06. The van der Waals surface area contributed by atoms with Crippen molar-refractivity contribution in [1.82, 2.24) is 10.2 Å². The first kappa shape index (κ1) is 12.9. The first-order chi connectivity index (χ1) is 9.29. The maximum absolute atomic E-state index is 3.59. The average molecular weight is 259 g/mol. The van der Waals surface area contributed by atoms with Gasteiger partial charge in [0.1, 0.15) is 0 Å². The molecule has 3 heteroatoms. The van der Waals surface area contributed by atoms with Gasteiger partial charge < -0.3 is 10.6 Å². The van der Waals surface area contributed by atoms with E-state index in [1.165, 1.54) is 29.9 Å². The Balaban J connectivity index is 1.94. The highest BCUT2D eigenvalue weighted by atomic mass is 15.2. The monoisotopic (exact) mass is 259 g/mol. The highest BCUT2D eigenvalue weighted by molar-refractivity contribution is 5.56. The van der Waals surface area contributed by atoms with Gasteiger partial charge in [-0.05, 0) is 29.5 Å². The Morgan fingerprint density at radius 3 is 2.79 bits per heavy atom. The molecule has 0 aromatic heterocycles. The van der Waals surface area contributed by atoms with Gasteiger partial charge in [-0.3, -0.25) is 4.90 Å². The molecule has 3 nitrogen and oxygen atoms in total. The zero-order valence-corrected chi connectivity index (χ0v) is 12.1. The van der Waals surface area contributed by atoms with Crippen molar-refractivity contribution in [3.05, 3.63) is 29.3 Å². The van der Waals surface area contributed by atoms with Gasteiger partial charge in [-0.15, -0.1) is 0 Å². The summed E-state index contributed by atoms with van der Waals surface area (Å²) in [6.45, 7) is 10.3. The first-order valence-electron chi connectivity index (χ1n) is 7.61. The number of rotatable bonds is 2. The normalized spacial score (nSPS) is 27.7. The molecule has 1 fully saturated rings. The molecule has 104 valence electrons. The zero-order valence-electron chi connectivity index (χ0n) is 12.1. The summed E-state index contributed by atoms with van der Waals surface area (Å²) in [6, 6.07) is 7.54. The van der Waals surface area contributed by atoms with Crippen molar-refractivity contribution in [1.29, 1.82) is 0 Å². The topological polar surface area (TPSA) is 27.3 Å². The molecule has 1 aromatic rings. The summed E-state index contributed by atoms with van der Waals surface area (Å²) in [5, 5.41) is 7.05. The van der Waals surface area contributed by atoms with Gasteiger partial charge in [0.15, 0.2) is 0 Å². The molecule has 0 bridgehead atoms. The number of piperazine rings is 1. The predicted octanol–water partition coefficient (Wildman–Crippen LogP) is 2.26. The molecule has 2 aliphatic rings. The number of fused-ring (bicyclic) bond motifs is 1. The average Bonchev–Trinajstić information content (AvgIpc) is 2.47. The van der Waals surface area contributed by atoms with E-state index in [2.05, 4.69) is 47.6 Å². The van der Waals surface area contributed by atoms with E-state index in [-0.39, 0.29) is 0 Å². The van der Waals surface area contributed by atoms with Gasteiger partial charge in [0, 0.05) is 44.5 Å². The molecule has 3 rings (SSSR count). The summed E-state index contributed by atoms with van der Waals surface area (Å²) in [7, 11) is 0. The van der Waals surface area contributed by atoms with E-state index >= 15 is 0 Å². The summed E-state index contributed by atoms with van der Waals surface area (Å²) >= 11 is 0. The smallest absolute Gasteiger partial charge is 0.0412 e. The van der Waals surface area contributed by atoms with Crippen LogP contribution in [0.2, 0.25) is 0 Å². The van der Waals surface area contributed by atoms with E-state index < -0.39 is 0 Å². The van der Waals surface area contributed by atoms with Crippen molar-refractivity contribution in [2.24, 2.45) is 5.92 Å².